The number of nitrogens with zero attached hydrogens (tertiary/aromatic N) is 1. The van der Waals surface area contributed by atoms with E-state index >= 15 is 0 Å². The number of hydrogen-bond acceptors (Lipinski definition) is 5. The van der Waals surface area contributed by atoms with E-state index in [1.807, 2.05) is 55.5 Å². The minimum atomic E-state index is -0.110. The highest BCUT2D eigenvalue weighted by Gasteiger charge is 2.31. The molecule has 0 spiro atoms. The predicted octanol–water partition coefficient (Wildman–Crippen LogP) is 5.70. The van der Waals surface area contributed by atoms with Crippen LogP contribution in [0.5, 0.6) is 11.5 Å². The number of halogens is 1. The fraction of sp³-hybridized carbons (Fsp3) is 0.182. The Hall–Kier alpha value is -2.28. The van der Waals surface area contributed by atoms with Crippen molar-refractivity contribution < 1.29 is 14.3 Å². The summed E-state index contributed by atoms with van der Waals surface area (Å²) >= 11 is 12.5. The average Bonchev–Trinajstić information content (AvgIpc) is 2.97. The van der Waals surface area contributed by atoms with E-state index in [0.717, 1.165) is 11.1 Å². The molecule has 3 rings (SSSR count). The van der Waals surface area contributed by atoms with Crippen LogP contribution in [-0.4, -0.2) is 28.3 Å². The maximum absolute atomic E-state index is 12.5. The lowest BCUT2D eigenvalue weighted by atomic mass is 10.1. The third-order valence-corrected chi connectivity index (χ3v) is 5.69. The van der Waals surface area contributed by atoms with Crippen molar-refractivity contribution in [1.82, 2.24) is 4.90 Å². The second-order valence-electron chi connectivity index (χ2n) is 6.14. The standard InChI is InChI=1S/C22H20ClNO3S2/c1-3-11-24-21(25)20(29-22(24)28)13-16-7-10-18(19(12-16)26-4-2)27-14-15-5-8-17(23)9-6-15/h3,5-10,12-13H,1,4,11,14H2,2H3/b20-13-. The predicted molar refractivity (Wildman–Crippen MR) is 123 cm³/mol. The quantitative estimate of drug-likeness (QED) is 0.296. The highest BCUT2D eigenvalue weighted by molar-refractivity contribution is 8.26. The first-order chi connectivity index (χ1) is 14.0. The van der Waals surface area contributed by atoms with Gasteiger partial charge in [0, 0.05) is 11.6 Å². The van der Waals surface area contributed by atoms with Crippen LogP contribution in [0.25, 0.3) is 6.08 Å². The van der Waals surface area contributed by atoms with E-state index in [0.29, 0.717) is 45.5 Å². The molecule has 0 atom stereocenters. The first kappa shape index (κ1) is 21.4. The molecule has 7 heteroatoms. The molecular formula is C22H20ClNO3S2. The summed E-state index contributed by atoms with van der Waals surface area (Å²) in [5, 5.41) is 0.687. The van der Waals surface area contributed by atoms with Gasteiger partial charge in [-0.05, 0) is 48.4 Å². The number of carbonyl (C=O) groups excluding carboxylic acids is 1. The lowest BCUT2D eigenvalue weighted by Gasteiger charge is -2.13. The first-order valence-corrected chi connectivity index (χ1v) is 10.6. The second kappa shape index (κ2) is 9.96. The summed E-state index contributed by atoms with van der Waals surface area (Å²) in [6.45, 7) is 6.89. The number of carbonyl (C=O) groups is 1. The summed E-state index contributed by atoms with van der Waals surface area (Å²) in [6.07, 6.45) is 3.47. The molecule has 1 amide bonds. The first-order valence-electron chi connectivity index (χ1n) is 9.02. The average molecular weight is 446 g/mol. The fourth-order valence-corrected chi connectivity index (χ4v) is 4.08. The number of thioether (sulfide) groups is 1. The van der Waals surface area contributed by atoms with E-state index < -0.39 is 0 Å². The maximum Gasteiger partial charge on any atom is 0.266 e. The molecule has 0 radical (unpaired) electrons. The van der Waals surface area contributed by atoms with Crippen LogP contribution in [0.1, 0.15) is 18.1 Å². The Morgan fingerprint density at radius 3 is 2.62 bits per heavy atom. The molecule has 0 aromatic heterocycles. The van der Waals surface area contributed by atoms with Crippen LogP contribution in [0.3, 0.4) is 0 Å². The highest BCUT2D eigenvalue weighted by Crippen LogP contribution is 2.35. The van der Waals surface area contributed by atoms with Gasteiger partial charge in [0.25, 0.3) is 5.91 Å². The van der Waals surface area contributed by atoms with Crippen molar-refractivity contribution in [3.8, 4) is 11.5 Å². The highest BCUT2D eigenvalue weighted by atomic mass is 35.5. The second-order valence-corrected chi connectivity index (χ2v) is 8.25. The van der Waals surface area contributed by atoms with E-state index in [1.165, 1.54) is 16.7 Å². The number of ether oxygens (including phenoxy) is 2. The molecule has 1 saturated heterocycles. The summed E-state index contributed by atoms with van der Waals surface area (Å²) in [7, 11) is 0. The molecule has 0 unspecified atom stereocenters. The van der Waals surface area contributed by atoms with Gasteiger partial charge in [0.2, 0.25) is 0 Å². The van der Waals surface area contributed by atoms with Gasteiger partial charge in [0.05, 0.1) is 11.5 Å². The lowest BCUT2D eigenvalue weighted by molar-refractivity contribution is -0.121. The molecule has 0 aliphatic carbocycles. The van der Waals surface area contributed by atoms with Gasteiger partial charge < -0.3 is 9.47 Å². The van der Waals surface area contributed by atoms with E-state index in [-0.39, 0.29) is 5.91 Å². The van der Waals surface area contributed by atoms with Crippen LogP contribution in [0.15, 0.2) is 60.0 Å². The topological polar surface area (TPSA) is 38.8 Å². The summed E-state index contributed by atoms with van der Waals surface area (Å²) in [6, 6.07) is 13.1. The zero-order valence-electron chi connectivity index (χ0n) is 15.9. The summed E-state index contributed by atoms with van der Waals surface area (Å²) in [5.74, 6) is 1.15. The SMILES string of the molecule is C=CCN1C(=O)/C(=C/c2ccc(OCc3ccc(Cl)cc3)c(OCC)c2)SC1=S. The monoisotopic (exact) mass is 445 g/mol. The zero-order valence-corrected chi connectivity index (χ0v) is 18.3. The largest absolute Gasteiger partial charge is 0.490 e. The molecule has 2 aromatic carbocycles. The molecule has 150 valence electrons. The van der Waals surface area contributed by atoms with Crippen molar-refractivity contribution >= 4 is 51.9 Å². The fourth-order valence-electron chi connectivity index (χ4n) is 2.68. The van der Waals surface area contributed by atoms with Gasteiger partial charge in [-0.1, -0.05) is 59.9 Å². The minimum Gasteiger partial charge on any atom is -0.490 e. The Morgan fingerprint density at radius 2 is 1.93 bits per heavy atom. The van der Waals surface area contributed by atoms with Gasteiger partial charge in [-0.3, -0.25) is 9.69 Å². The van der Waals surface area contributed by atoms with Crippen molar-refractivity contribution in [1.29, 1.82) is 0 Å². The zero-order chi connectivity index (χ0) is 20.8. The van der Waals surface area contributed by atoms with Gasteiger partial charge in [-0.15, -0.1) is 6.58 Å². The normalized spacial score (nSPS) is 15.1. The van der Waals surface area contributed by atoms with Crippen LogP contribution >= 0.6 is 35.6 Å². The molecule has 0 saturated carbocycles. The molecule has 0 N–H and O–H groups in total. The summed E-state index contributed by atoms with van der Waals surface area (Å²) in [4.78, 5) is 14.6. The Kier molecular flexibility index (Phi) is 7.36. The van der Waals surface area contributed by atoms with E-state index in [1.54, 1.807) is 6.08 Å². The van der Waals surface area contributed by atoms with Gasteiger partial charge >= 0.3 is 0 Å². The van der Waals surface area contributed by atoms with Crippen LogP contribution in [-0.2, 0) is 11.4 Å². The van der Waals surface area contributed by atoms with E-state index in [2.05, 4.69) is 6.58 Å². The Balaban J connectivity index is 1.78. The van der Waals surface area contributed by atoms with Gasteiger partial charge in [0.1, 0.15) is 10.9 Å². The Morgan fingerprint density at radius 1 is 1.17 bits per heavy atom. The number of amides is 1. The van der Waals surface area contributed by atoms with Gasteiger partial charge in [-0.25, -0.2) is 0 Å². The number of rotatable bonds is 8. The maximum atomic E-state index is 12.5. The molecule has 29 heavy (non-hydrogen) atoms. The molecule has 1 aliphatic heterocycles. The number of benzene rings is 2. The molecule has 0 bridgehead atoms. The van der Waals surface area contributed by atoms with Crippen molar-refractivity contribution in [3.05, 3.63) is 76.2 Å². The van der Waals surface area contributed by atoms with Crippen molar-refractivity contribution in [2.24, 2.45) is 0 Å². The smallest absolute Gasteiger partial charge is 0.266 e. The van der Waals surface area contributed by atoms with Crippen molar-refractivity contribution in [3.63, 3.8) is 0 Å². The molecule has 1 heterocycles. The van der Waals surface area contributed by atoms with E-state index in [9.17, 15) is 4.79 Å². The van der Waals surface area contributed by atoms with Crippen LogP contribution in [0, 0.1) is 0 Å². The van der Waals surface area contributed by atoms with Crippen LogP contribution in [0.4, 0.5) is 0 Å². The molecule has 1 aliphatic rings. The molecule has 2 aromatic rings. The van der Waals surface area contributed by atoms with Crippen molar-refractivity contribution in [2.75, 3.05) is 13.2 Å². The minimum absolute atomic E-state index is 0.110. The lowest BCUT2D eigenvalue weighted by Crippen LogP contribution is -2.27. The van der Waals surface area contributed by atoms with Crippen LogP contribution < -0.4 is 9.47 Å². The summed E-state index contributed by atoms with van der Waals surface area (Å²) < 4.78 is 12.2. The van der Waals surface area contributed by atoms with Gasteiger partial charge in [-0.2, -0.15) is 0 Å². The molecular weight excluding hydrogens is 426 g/mol. The third kappa shape index (κ3) is 5.41. The summed E-state index contributed by atoms with van der Waals surface area (Å²) in [5.41, 5.74) is 1.85. The number of hydrogen-bond donors (Lipinski definition) is 0. The third-order valence-electron chi connectivity index (χ3n) is 4.06. The van der Waals surface area contributed by atoms with Crippen LogP contribution in [0.2, 0.25) is 5.02 Å². The van der Waals surface area contributed by atoms with E-state index in [4.69, 9.17) is 33.3 Å². The Labute approximate surface area is 185 Å². The Bertz CT molecular complexity index is 957. The number of thiocarbonyl (C=S) groups is 1. The van der Waals surface area contributed by atoms with Crippen molar-refractivity contribution in [2.45, 2.75) is 13.5 Å². The molecule has 4 nitrogen and oxygen atoms in total. The molecule has 1 fully saturated rings. The van der Waals surface area contributed by atoms with Gasteiger partial charge in [0.15, 0.2) is 11.5 Å².